The molecule has 0 atom stereocenters. The van der Waals surface area contributed by atoms with Gasteiger partial charge in [-0.25, -0.2) is 4.79 Å². The summed E-state index contributed by atoms with van der Waals surface area (Å²) in [6.07, 6.45) is 0. The molecule has 0 fully saturated rings. The van der Waals surface area contributed by atoms with Crippen molar-refractivity contribution in [3.8, 4) is 0 Å². The molecule has 0 saturated heterocycles. The molecule has 84 valence electrons. The van der Waals surface area contributed by atoms with Crippen molar-refractivity contribution in [2.45, 2.75) is 0 Å². The number of benzene rings is 1. The maximum absolute atomic E-state index is 11.0. The van der Waals surface area contributed by atoms with E-state index in [1.165, 1.54) is 18.2 Å². The summed E-state index contributed by atoms with van der Waals surface area (Å²) in [6.45, 7) is 0. The summed E-state index contributed by atoms with van der Waals surface area (Å²) in [5.74, 6) is -3.74. The summed E-state index contributed by atoms with van der Waals surface area (Å²) >= 11 is 5.62. The number of carbonyl (C=O) groups is 3. The van der Waals surface area contributed by atoms with E-state index >= 15 is 0 Å². The maximum Gasteiger partial charge on any atom is 0.394 e. The second kappa shape index (κ2) is 4.63. The number of hydrogen-bond acceptors (Lipinski definition) is 3. The Bertz CT molecular complexity index is 473. The van der Waals surface area contributed by atoms with Crippen LogP contribution in [0.2, 0.25) is 5.02 Å². The minimum absolute atomic E-state index is 0.00398. The van der Waals surface area contributed by atoms with E-state index in [-0.39, 0.29) is 16.3 Å². The number of carboxylic acid groups (broad SMARTS) is 1. The fraction of sp³-hybridized carbons (Fsp3) is 0. The van der Waals surface area contributed by atoms with E-state index in [1.807, 2.05) is 5.32 Å². The Kier molecular flexibility index (Phi) is 3.47. The zero-order valence-corrected chi connectivity index (χ0v) is 8.62. The predicted octanol–water partition coefficient (Wildman–Crippen LogP) is 0.462. The van der Waals surface area contributed by atoms with Crippen LogP contribution in [0.1, 0.15) is 10.4 Å². The molecule has 16 heavy (non-hydrogen) atoms. The summed E-state index contributed by atoms with van der Waals surface area (Å²) in [5.41, 5.74) is 4.99. The number of amides is 2. The molecule has 0 spiro atoms. The van der Waals surface area contributed by atoms with Crippen LogP contribution in [0.4, 0.5) is 5.69 Å². The van der Waals surface area contributed by atoms with Crippen LogP contribution < -0.4 is 11.1 Å². The Balaban J connectivity index is 3.09. The molecule has 0 aliphatic carbocycles. The van der Waals surface area contributed by atoms with E-state index in [9.17, 15) is 14.4 Å². The number of halogens is 1. The molecule has 1 aromatic rings. The lowest BCUT2D eigenvalue weighted by Gasteiger charge is -2.07. The summed E-state index contributed by atoms with van der Waals surface area (Å²) in [7, 11) is 0. The molecule has 7 heteroatoms. The summed E-state index contributed by atoms with van der Waals surface area (Å²) in [5, 5.41) is 10.6. The average Bonchev–Trinajstić information content (AvgIpc) is 2.20. The van der Waals surface area contributed by atoms with Gasteiger partial charge in [-0.2, -0.15) is 0 Å². The summed E-state index contributed by atoms with van der Waals surface area (Å²) in [4.78, 5) is 32.2. The lowest BCUT2D eigenvalue weighted by atomic mass is 10.1. The second-order valence-electron chi connectivity index (χ2n) is 2.81. The fourth-order valence-electron chi connectivity index (χ4n) is 1.01. The van der Waals surface area contributed by atoms with Gasteiger partial charge in [0.05, 0.1) is 11.3 Å². The van der Waals surface area contributed by atoms with Crippen molar-refractivity contribution >= 4 is 35.1 Å². The molecule has 6 nitrogen and oxygen atoms in total. The van der Waals surface area contributed by atoms with Crippen LogP contribution in [0.25, 0.3) is 0 Å². The minimum atomic E-state index is -1.66. The number of carbonyl (C=O) groups excluding carboxylic acids is 2. The maximum atomic E-state index is 11.0. The molecule has 2 amide bonds. The average molecular weight is 243 g/mol. The number of anilines is 1. The topological polar surface area (TPSA) is 109 Å². The van der Waals surface area contributed by atoms with Crippen LogP contribution in [0.5, 0.6) is 0 Å². The quantitative estimate of drug-likeness (QED) is 0.655. The first kappa shape index (κ1) is 12.0. The highest BCUT2D eigenvalue weighted by Crippen LogP contribution is 2.20. The largest absolute Gasteiger partial charge is 0.474 e. The van der Waals surface area contributed by atoms with Gasteiger partial charge in [0, 0.05) is 5.02 Å². The van der Waals surface area contributed by atoms with Crippen molar-refractivity contribution in [3.63, 3.8) is 0 Å². The number of rotatable bonds is 2. The molecule has 0 saturated carbocycles. The summed E-state index contributed by atoms with van der Waals surface area (Å²) in [6, 6.07) is 3.93. The van der Waals surface area contributed by atoms with E-state index < -0.39 is 17.8 Å². The minimum Gasteiger partial charge on any atom is -0.474 e. The van der Waals surface area contributed by atoms with Gasteiger partial charge in [0.1, 0.15) is 0 Å². The van der Waals surface area contributed by atoms with Gasteiger partial charge < -0.3 is 16.2 Å². The standard InChI is InChI=1S/C9H7ClN2O4/c10-4-1-2-6(5(3-4)7(11)13)12-8(14)9(15)16/h1-3H,(H2,11,13)(H,12,14)(H,15,16). The molecule has 0 bridgehead atoms. The third kappa shape index (κ3) is 2.71. The molecular weight excluding hydrogens is 236 g/mol. The first-order valence-corrected chi connectivity index (χ1v) is 4.43. The van der Waals surface area contributed by atoms with Crippen molar-refractivity contribution in [3.05, 3.63) is 28.8 Å². The molecule has 0 radical (unpaired) electrons. The highest BCUT2D eigenvalue weighted by atomic mass is 35.5. The van der Waals surface area contributed by atoms with Crippen molar-refractivity contribution in [2.24, 2.45) is 5.73 Å². The molecule has 1 aromatic carbocycles. The van der Waals surface area contributed by atoms with E-state index in [1.54, 1.807) is 0 Å². The lowest BCUT2D eigenvalue weighted by Crippen LogP contribution is -2.24. The van der Waals surface area contributed by atoms with Crippen molar-refractivity contribution < 1.29 is 19.5 Å². The Labute approximate surface area is 95.0 Å². The van der Waals surface area contributed by atoms with Gasteiger partial charge in [0.15, 0.2) is 0 Å². The highest BCUT2D eigenvalue weighted by molar-refractivity contribution is 6.37. The molecule has 0 aliphatic heterocycles. The smallest absolute Gasteiger partial charge is 0.394 e. The highest BCUT2D eigenvalue weighted by Gasteiger charge is 2.15. The number of hydrogen-bond donors (Lipinski definition) is 3. The SMILES string of the molecule is NC(=O)c1cc(Cl)ccc1NC(=O)C(=O)O. The number of aliphatic carboxylic acids is 1. The Morgan fingerprint density at radius 3 is 2.44 bits per heavy atom. The van der Waals surface area contributed by atoms with Crippen LogP contribution in [-0.4, -0.2) is 22.9 Å². The number of primary amides is 1. The number of carboxylic acids is 1. The van der Waals surface area contributed by atoms with E-state index in [0.29, 0.717) is 0 Å². The van der Waals surface area contributed by atoms with Crippen LogP contribution in [0.3, 0.4) is 0 Å². The zero-order valence-electron chi connectivity index (χ0n) is 7.86. The first-order chi connectivity index (χ1) is 7.41. The van der Waals surface area contributed by atoms with E-state index in [4.69, 9.17) is 22.4 Å². The van der Waals surface area contributed by atoms with Gasteiger partial charge in [0.25, 0.3) is 5.91 Å². The second-order valence-corrected chi connectivity index (χ2v) is 3.25. The van der Waals surface area contributed by atoms with Gasteiger partial charge >= 0.3 is 11.9 Å². The molecule has 1 rings (SSSR count). The van der Waals surface area contributed by atoms with Crippen LogP contribution >= 0.6 is 11.6 Å². The van der Waals surface area contributed by atoms with E-state index in [0.717, 1.165) is 0 Å². The van der Waals surface area contributed by atoms with Crippen LogP contribution in [-0.2, 0) is 9.59 Å². The summed E-state index contributed by atoms with van der Waals surface area (Å²) < 4.78 is 0. The van der Waals surface area contributed by atoms with Gasteiger partial charge in [-0.3, -0.25) is 9.59 Å². The van der Waals surface area contributed by atoms with Crippen molar-refractivity contribution in [1.29, 1.82) is 0 Å². The monoisotopic (exact) mass is 242 g/mol. The number of nitrogens with two attached hydrogens (primary N) is 1. The molecule has 0 aliphatic rings. The van der Waals surface area contributed by atoms with Gasteiger partial charge in [0.2, 0.25) is 0 Å². The Morgan fingerprint density at radius 1 is 1.31 bits per heavy atom. The van der Waals surface area contributed by atoms with E-state index in [2.05, 4.69) is 0 Å². The molecule has 0 aromatic heterocycles. The molecule has 4 N–H and O–H groups in total. The normalized spacial score (nSPS) is 9.56. The number of nitrogens with one attached hydrogen (secondary N) is 1. The van der Waals surface area contributed by atoms with Gasteiger partial charge in [-0.05, 0) is 18.2 Å². The van der Waals surface area contributed by atoms with Gasteiger partial charge in [-0.1, -0.05) is 11.6 Å². The molecule has 0 heterocycles. The fourth-order valence-corrected chi connectivity index (χ4v) is 1.18. The van der Waals surface area contributed by atoms with Gasteiger partial charge in [-0.15, -0.1) is 0 Å². The Hall–Kier alpha value is -2.08. The Morgan fingerprint density at radius 2 is 1.94 bits per heavy atom. The van der Waals surface area contributed by atoms with Crippen molar-refractivity contribution in [2.75, 3.05) is 5.32 Å². The lowest BCUT2D eigenvalue weighted by molar-refractivity contribution is -0.147. The first-order valence-electron chi connectivity index (χ1n) is 4.05. The third-order valence-electron chi connectivity index (χ3n) is 1.69. The molecule has 0 unspecified atom stereocenters. The predicted molar refractivity (Wildman–Crippen MR) is 56.2 cm³/mol. The van der Waals surface area contributed by atoms with Crippen LogP contribution in [0, 0.1) is 0 Å². The van der Waals surface area contributed by atoms with Crippen molar-refractivity contribution in [1.82, 2.24) is 0 Å². The zero-order chi connectivity index (χ0) is 12.3. The molecular formula is C9H7ClN2O4. The van der Waals surface area contributed by atoms with Crippen LogP contribution in [0.15, 0.2) is 18.2 Å². The third-order valence-corrected chi connectivity index (χ3v) is 1.92.